The number of hydrogen-bond acceptors (Lipinski definition) is 4. The molecule has 0 amide bonds. The van der Waals surface area contributed by atoms with Crippen LogP contribution in [0.2, 0.25) is 0 Å². The van der Waals surface area contributed by atoms with Crippen LogP contribution in [0.3, 0.4) is 0 Å². The molecule has 2 aromatic heterocycles. The van der Waals surface area contributed by atoms with Crippen LogP contribution in [-0.4, -0.2) is 10.2 Å². The molecule has 0 unspecified atom stereocenters. The Bertz CT molecular complexity index is 1650. The minimum absolute atomic E-state index is 0.538. The van der Waals surface area contributed by atoms with Gasteiger partial charge in [-0.3, -0.25) is 0 Å². The summed E-state index contributed by atoms with van der Waals surface area (Å²) < 4.78 is 8.69. The number of fused-ring (bicyclic) bond motifs is 3. The van der Waals surface area contributed by atoms with Crippen LogP contribution in [0.5, 0.6) is 0 Å². The Morgan fingerprint density at radius 1 is 0.639 bits per heavy atom. The standard InChI is InChI=1S/C32H28N2OS/c1-3-8-21-12-17-29-27(18-21)28-20-22(9-4-2)19-26(30(28)36-29)23-13-15-25(16-14-23)32-34-33-31(35-32)24-10-6-5-7-11-24/h5-7,10-20H,3-4,8-9H2,1-2H3. The molecule has 36 heavy (non-hydrogen) atoms. The molecule has 0 saturated carbocycles. The van der Waals surface area contributed by atoms with Crippen LogP contribution >= 0.6 is 11.3 Å². The topological polar surface area (TPSA) is 38.9 Å². The first-order valence-electron chi connectivity index (χ1n) is 12.7. The highest BCUT2D eigenvalue weighted by Crippen LogP contribution is 2.42. The summed E-state index contributed by atoms with van der Waals surface area (Å²) in [6.07, 6.45) is 4.50. The fraction of sp³-hybridized carbons (Fsp3) is 0.188. The van der Waals surface area contributed by atoms with Crippen LogP contribution in [0.15, 0.2) is 89.3 Å². The molecule has 0 atom stereocenters. The molecule has 4 heteroatoms. The van der Waals surface area contributed by atoms with E-state index in [2.05, 4.69) is 78.6 Å². The predicted octanol–water partition coefficient (Wildman–Crippen LogP) is 9.34. The van der Waals surface area contributed by atoms with E-state index in [1.165, 1.54) is 48.8 Å². The van der Waals surface area contributed by atoms with E-state index in [-0.39, 0.29) is 0 Å². The average molecular weight is 489 g/mol. The molecule has 0 saturated heterocycles. The zero-order valence-corrected chi connectivity index (χ0v) is 21.4. The lowest BCUT2D eigenvalue weighted by molar-refractivity contribution is 0.584. The van der Waals surface area contributed by atoms with Crippen molar-refractivity contribution >= 4 is 31.5 Å². The highest BCUT2D eigenvalue weighted by atomic mass is 32.1. The lowest BCUT2D eigenvalue weighted by Crippen LogP contribution is -1.87. The normalized spacial score (nSPS) is 11.5. The van der Waals surface area contributed by atoms with Gasteiger partial charge in [-0.1, -0.05) is 63.1 Å². The van der Waals surface area contributed by atoms with Crippen LogP contribution in [-0.2, 0) is 12.8 Å². The van der Waals surface area contributed by atoms with Crippen molar-refractivity contribution in [2.75, 3.05) is 0 Å². The van der Waals surface area contributed by atoms with Crippen LogP contribution < -0.4 is 0 Å². The molecule has 0 aliphatic carbocycles. The summed E-state index contributed by atoms with van der Waals surface area (Å²) in [6, 6.07) is 30.2. The Morgan fingerprint density at radius 2 is 1.28 bits per heavy atom. The van der Waals surface area contributed by atoms with E-state index in [0.29, 0.717) is 11.8 Å². The van der Waals surface area contributed by atoms with E-state index >= 15 is 0 Å². The lowest BCUT2D eigenvalue weighted by Gasteiger charge is -2.09. The summed E-state index contributed by atoms with van der Waals surface area (Å²) >= 11 is 1.90. The molecule has 0 fully saturated rings. The Kier molecular flexibility index (Phi) is 6.12. The van der Waals surface area contributed by atoms with E-state index in [9.17, 15) is 0 Å². The first-order chi connectivity index (χ1) is 17.7. The molecule has 0 N–H and O–H groups in total. The van der Waals surface area contributed by atoms with Gasteiger partial charge in [-0.15, -0.1) is 21.5 Å². The summed E-state index contributed by atoms with van der Waals surface area (Å²) in [5, 5.41) is 11.3. The third-order valence-corrected chi connectivity index (χ3v) is 7.88. The van der Waals surface area contributed by atoms with Gasteiger partial charge in [0.2, 0.25) is 11.8 Å². The molecule has 0 bridgehead atoms. The number of aryl methyl sites for hydroxylation is 2. The van der Waals surface area contributed by atoms with E-state index in [4.69, 9.17) is 4.42 Å². The van der Waals surface area contributed by atoms with E-state index in [1.54, 1.807) is 0 Å². The minimum Gasteiger partial charge on any atom is -0.416 e. The van der Waals surface area contributed by atoms with Gasteiger partial charge in [0.1, 0.15) is 0 Å². The first kappa shape index (κ1) is 22.7. The molecular formula is C32H28N2OS. The van der Waals surface area contributed by atoms with E-state index < -0.39 is 0 Å². The van der Waals surface area contributed by atoms with Crippen molar-refractivity contribution in [1.82, 2.24) is 10.2 Å². The second-order valence-corrected chi connectivity index (χ2v) is 10.4. The van der Waals surface area contributed by atoms with Gasteiger partial charge in [0.15, 0.2) is 0 Å². The molecule has 2 heterocycles. The smallest absolute Gasteiger partial charge is 0.248 e. The maximum Gasteiger partial charge on any atom is 0.248 e. The van der Waals surface area contributed by atoms with Gasteiger partial charge < -0.3 is 4.42 Å². The van der Waals surface area contributed by atoms with E-state index in [1.807, 2.05) is 41.7 Å². The number of aromatic nitrogens is 2. The summed E-state index contributed by atoms with van der Waals surface area (Å²) in [5.74, 6) is 1.08. The first-order valence-corrected chi connectivity index (χ1v) is 13.5. The zero-order chi connectivity index (χ0) is 24.5. The quantitative estimate of drug-likeness (QED) is 0.225. The molecule has 178 valence electrons. The van der Waals surface area contributed by atoms with Gasteiger partial charge in [0, 0.05) is 31.3 Å². The van der Waals surface area contributed by atoms with Crippen molar-refractivity contribution in [2.45, 2.75) is 39.5 Å². The minimum atomic E-state index is 0.538. The molecule has 6 aromatic rings. The molecule has 0 aliphatic heterocycles. The Labute approximate surface area is 215 Å². The van der Waals surface area contributed by atoms with Gasteiger partial charge in [0.05, 0.1) is 0 Å². The SMILES string of the molecule is CCCc1ccc2sc3c(-c4ccc(-c5nnc(-c6ccccc6)o5)cc4)cc(CCC)cc3c2c1. The zero-order valence-electron chi connectivity index (χ0n) is 20.6. The van der Waals surface area contributed by atoms with Crippen molar-refractivity contribution < 1.29 is 4.42 Å². The predicted molar refractivity (Wildman–Crippen MR) is 151 cm³/mol. The summed E-state index contributed by atoms with van der Waals surface area (Å²) in [4.78, 5) is 0. The summed E-state index contributed by atoms with van der Waals surface area (Å²) in [5.41, 5.74) is 7.19. The van der Waals surface area contributed by atoms with E-state index in [0.717, 1.165) is 30.4 Å². The third-order valence-electron chi connectivity index (χ3n) is 6.66. The van der Waals surface area contributed by atoms with Crippen molar-refractivity contribution in [1.29, 1.82) is 0 Å². The summed E-state index contributed by atoms with van der Waals surface area (Å²) in [6.45, 7) is 4.49. The van der Waals surface area contributed by atoms with Gasteiger partial charge in [-0.2, -0.15) is 0 Å². The maximum absolute atomic E-state index is 5.97. The summed E-state index contributed by atoms with van der Waals surface area (Å²) in [7, 11) is 0. The van der Waals surface area contributed by atoms with Crippen molar-refractivity contribution in [3.63, 3.8) is 0 Å². The molecular weight excluding hydrogens is 460 g/mol. The van der Waals surface area contributed by atoms with Gasteiger partial charge in [-0.25, -0.2) is 0 Å². The number of nitrogens with zero attached hydrogens (tertiary/aromatic N) is 2. The van der Waals surface area contributed by atoms with Crippen molar-refractivity contribution in [3.8, 4) is 34.0 Å². The van der Waals surface area contributed by atoms with Crippen molar-refractivity contribution in [3.05, 3.63) is 96.1 Å². The largest absolute Gasteiger partial charge is 0.416 e. The number of rotatable bonds is 7. The molecule has 6 rings (SSSR count). The molecule has 0 radical (unpaired) electrons. The maximum atomic E-state index is 5.97. The molecule has 3 nitrogen and oxygen atoms in total. The second-order valence-electron chi connectivity index (χ2n) is 9.31. The van der Waals surface area contributed by atoms with Gasteiger partial charge >= 0.3 is 0 Å². The highest BCUT2D eigenvalue weighted by Gasteiger charge is 2.15. The fourth-order valence-corrected chi connectivity index (χ4v) is 6.11. The Hall–Kier alpha value is -3.76. The van der Waals surface area contributed by atoms with Crippen LogP contribution in [0, 0.1) is 0 Å². The average Bonchev–Trinajstić information content (AvgIpc) is 3.55. The fourth-order valence-electron chi connectivity index (χ4n) is 4.91. The number of benzene rings is 4. The second kappa shape index (κ2) is 9.71. The molecule has 0 spiro atoms. The molecule has 0 aliphatic rings. The van der Waals surface area contributed by atoms with Crippen molar-refractivity contribution in [2.24, 2.45) is 0 Å². The lowest BCUT2D eigenvalue weighted by atomic mass is 9.96. The highest BCUT2D eigenvalue weighted by molar-refractivity contribution is 7.26. The Morgan fingerprint density at radius 3 is 2.00 bits per heavy atom. The van der Waals surface area contributed by atoms with Gasteiger partial charge in [-0.05, 0) is 83.6 Å². The molecule has 4 aromatic carbocycles. The Balaban J connectivity index is 1.41. The monoisotopic (exact) mass is 488 g/mol. The number of thiophene rings is 1. The van der Waals surface area contributed by atoms with Crippen LogP contribution in [0.1, 0.15) is 37.8 Å². The third kappa shape index (κ3) is 4.22. The van der Waals surface area contributed by atoms with Gasteiger partial charge in [0.25, 0.3) is 0 Å². The van der Waals surface area contributed by atoms with Crippen LogP contribution in [0.25, 0.3) is 54.2 Å². The number of hydrogen-bond donors (Lipinski definition) is 0. The van der Waals surface area contributed by atoms with Crippen LogP contribution in [0.4, 0.5) is 0 Å².